The number of carbonyl (C=O) groups excluding carboxylic acids is 2. The lowest BCUT2D eigenvalue weighted by molar-refractivity contribution is -0.301. The highest BCUT2D eigenvalue weighted by atomic mass is 19.4. The van der Waals surface area contributed by atoms with E-state index in [4.69, 9.17) is 0 Å². The van der Waals surface area contributed by atoms with Crippen LogP contribution in [0.15, 0.2) is 78.9 Å². The van der Waals surface area contributed by atoms with Crippen LogP contribution in [0.5, 0.6) is 0 Å². The van der Waals surface area contributed by atoms with Crippen LogP contribution in [0.4, 0.5) is 13.2 Å². The molecular formula is C26H24F3NO4-2. The van der Waals surface area contributed by atoms with Crippen molar-refractivity contribution in [2.75, 3.05) is 6.54 Å². The van der Waals surface area contributed by atoms with Gasteiger partial charge in [-0.2, -0.15) is 13.2 Å². The second kappa shape index (κ2) is 12.6. The van der Waals surface area contributed by atoms with Crippen molar-refractivity contribution in [3.05, 3.63) is 95.6 Å². The number of carboxylic acids is 2. The molecule has 0 radical (unpaired) electrons. The first-order valence-corrected chi connectivity index (χ1v) is 10.5. The number of carboxylic acid groups (broad SMARTS) is 2. The third-order valence-electron chi connectivity index (χ3n) is 4.99. The molecule has 0 amide bonds. The zero-order valence-electron chi connectivity index (χ0n) is 18.5. The lowest BCUT2D eigenvalue weighted by Gasteiger charge is -2.17. The van der Waals surface area contributed by atoms with Crippen molar-refractivity contribution >= 4 is 22.7 Å². The molecule has 0 saturated heterocycles. The van der Waals surface area contributed by atoms with Crippen molar-refractivity contribution in [2.45, 2.75) is 32.0 Å². The number of aryl methyl sites for hydroxylation is 1. The van der Waals surface area contributed by atoms with Crippen LogP contribution in [0.25, 0.3) is 10.8 Å². The first-order valence-electron chi connectivity index (χ1n) is 10.5. The van der Waals surface area contributed by atoms with E-state index >= 15 is 0 Å². The van der Waals surface area contributed by atoms with Gasteiger partial charge in [0.25, 0.3) is 0 Å². The number of fused-ring (bicyclic) bond motifs is 1. The van der Waals surface area contributed by atoms with Crippen molar-refractivity contribution in [3.63, 3.8) is 0 Å². The summed E-state index contributed by atoms with van der Waals surface area (Å²) in [7, 11) is 0. The Bertz CT molecular complexity index is 1120. The van der Waals surface area contributed by atoms with Gasteiger partial charge in [0.1, 0.15) is 0 Å². The summed E-state index contributed by atoms with van der Waals surface area (Å²) in [6.45, 7) is 2.87. The average molecular weight is 471 g/mol. The highest BCUT2D eigenvalue weighted by molar-refractivity contribution is 5.87. The minimum absolute atomic E-state index is 0.183. The topological polar surface area (TPSA) is 92.3 Å². The average Bonchev–Trinajstić information content (AvgIpc) is 2.80. The Morgan fingerprint density at radius 3 is 2.21 bits per heavy atom. The Kier molecular flexibility index (Phi) is 9.82. The lowest BCUT2D eigenvalue weighted by atomic mass is 9.99. The smallest absolute Gasteiger partial charge is 0.416 e. The fourth-order valence-electron chi connectivity index (χ4n) is 3.39. The van der Waals surface area contributed by atoms with E-state index in [9.17, 15) is 33.0 Å². The second-order valence-corrected chi connectivity index (χ2v) is 7.52. The van der Waals surface area contributed by atoms with Crippen LogP contribution < -0.4 is 15.5 Å². The molecule has 1 N–H and O–H groups in total. The van der Waals surface area contributed by atoms with Crippen LogP contribution in [-0.2, 0) is 22.2 Å². The molecule has 3 aromatic carbocycles. The number of hydrogen-bond acceptors (Lipinski definition) is 5. The number of rotatable bonds is 8. The van der Waals surface area contributed by atoms with Crippen molar-refractivity contribution in [1.29, 1.82) is 0 Å². The van der Waals surface area contributed by atoms with Crippen LogP contribution in [0.1, 0.15) is 36.1 Å². The summed E-state index contributed by atoms with van der Waals surface area (Å²) in [5.41, 5.74) is 1.38. The first kappa shape index (κ1) is 26.6. The minimum atomic E-state index is -4.28. The van der Waals surface area contributed by atoms with E-state index in [1.165, 1.54) is 28.5 Å². The molecule has 3 aromatic rings. The van der Waals surface area contributed by atoms with Gasteiger partial charge >= 0.3 is 6.18 Å². The molecule has 34 heavy (non-hydrogen) atoms. The molecule has 0 aliphatic rings. The molecule has 0 aromatic heterocycles. The number of carbonyl (C=O) groups is 2. The molecular weight excluding hydrogens is 447 g/mol. The van der Waals surface area contributed by atoms with E-state index in [1.807, 2.05) is 12.1 Å². The van der Waals surface area contributed by atoms with Crippen LogP contribution in [-0.4, -0.2) is 18.5 Å². The molecule has 0 aliphatic heterocycles. The normalized spacial score (nSPS) is 12.2. The second-order valence-electron chi connectivity index (χ2n) is 7.52. The summed E-state index contributed by atoms with van der Waals surface area (Å²) in [5, 5.41) is 24.8. The van der Waals surface area contributed by atoms with Gasteiger partial charge < -0.3 is 25.1 Å². The summed E-state index contributed by atoms with van der Waals surface area (Å²) in [4.78, 5) is 18.8. The molecule has 5 nitrogen and oxygen atoms in total. The third-order valence-corrected chi connectivity index (χ3v) is 4.99. The highest BCUT2D eigenvalue weighted by Gasteiger charge is 2.30. The van der Waals surface area contributed by atoms with Crippen molar-refractivity contribution in [3.8, 4) is 0 Å². The fraction of sp³-hybridized carbons (Fsp3) is 0.231. The van der Waals surface area contributed by atoms with Gasteiger partial charge in [-0.3, -0.25) is 0 Å². The third kappa shape index (κ3) is 8.71. The van der Waals surface area contributed by atoms with E-state index in [0.717, 1.165) is 24.6 Å². The predicted molar refractivity (Wildman–Crippen MR) is 119 cm³/mol. The molecule has 0 fully saturated rings. The Balaban J connectivity index is 0.000000440. The fourth-order valence-corrected chi connectivity index (χ4v) is 3.39. The van der Waals surface area contributed by atoms with Crippen molar-refractivity contribution < 1.29 is 33.0 Å². The molecule has 0 spiro atoms. The van der Waals surface area contributed by atoms with Gasteiger partial charge in [-0.25, -0.2) is 0 Å². The monoisotopic (exact) mass is 471 g/mol. The van der Waals surface area contributed by atoms with Gasteiger partial charge in [-0.15, -0.1) is 0 Å². The SMILES string of the molecule is C[C@@H](NCCCc1cccc(C(F)(F)F)c1)c1cccc2ccccc12.O=C([O-])/C=C/C(=O)[O-]. The van der Waals surface area contributed by atoms with E-state index in [-0.39, 0.29) is 6.04 Å². The highest BCUT2D eigenvalue weighted by Crippen LogP contribution is 2.29. The molecule has 0 saturated carbocycles. The first-order chi connectivity index (χ1) is 16.1. The van der Waals surface area contributed by atoms with Crippen LogP contribution in [0.3, 0.4) is 0 Å². The molecule has 0 unspecified atom stereocenters. The van der Waals surface area contributed by atoms with Crippen molar-refractivity contribution in [2.24, 2.45) is 0 Å². The van der Waals surface area contributed by atoms with Gasteiger partial charge in [0.05, 0.1) is 17.5 Å². The molecule has 3 rings (SSSR count). The Morgan fingerprint density at radius 2 is 1.56 bits per heavy atom. The predicted octanol–water partition coefficient (Wildman–Crippen LogP) is 3.18. The molecule has 0 heterocycles. The number of benzene rings is 3. The van der Waals surface area contributed by atoms with Gasteiger partial charge in [0.15, 0.2) is 0 Å². The zero-order valence-corrected chi connectivity index (χ0v) is 18.5. The Labute approximate surface area is 195 Å². The summed E-state index contributed by atoms with van der Waals surface area (Å²) < 4.78 is 38.3. The van der Waals surface area contributed by atoms with E-state index < -0.39 is 23.7 Å². The van der Waals surface area contributed by atoms with E-state index in [2.05, 4.69) is 42.6 Å². The molecule has 8 heteroatoms. The van der Waals surface area contributed by atoms with Crippen LogP contribution >= 0.6 is 0 Å². The van der Waals surface area contributed by atoms with Gasteiger partial charge in [-0.05, 0) is 66.4 Å². The number of hydrogen-bond donors (Lipinski definition) is 1. The molecule has 0 aliphatic carbocycles. The van der Waals surface area contributed by atoms with Crippen LogP contribution in [0, 0.1) is 0 Å². The maximum atomic E-state index is 12.8. The Morgan fingerprint density at radius 1 is 0.941 bits per heavy atom. The number of alkyl halides is 3. The van der Waals surface area contributed by atoms with Crippen molar-refractivity contribution in [1.82, 2.24) is 5.32 Å². The summed E-state index contributed by atoms with van der Waals surface area (Å²) in [6, 6.07) is 20.3. The number of aliphatic carboxylic acids is 2. The number of halogens is 3. The van der Waals surface area contributed by atoms with Crippen LogP contribution in [0.2, 0.25) is 0 Å². The van der Waals surface area contributed by atoms with Gasteiger partial charge in [0, 0.05) is 6.04 Å². The lowest BCUT2D eigenvalue weighted by Crippen LogP contribution is -2.23. The number of nitrogens with one attached hydrogen (secondary N) is 1. The van der Waals surface area contributed by atoms with Gasteiger partial charge in [-0.1, -0.05) is 60.7 Å². The maximum Gasteiger partial charge on any atom is 0.416 e. The quantitative estimate of drug-likeness (QED) is 0.403. The minimum Gasteiger partial charge on any atom is -0.545 e. The zero-order chi connectivity index (χ0) is 25.1. The standard InChI is InChI=1S/C22H22F3N.C4H4O4/c1-16(20-13-5-10-18-9-2-3-12-21(18)20)26-14-6-8-17-7-4-11-19(15-17)22(23,24)25;5-3(6)1-2-4(7)8/h2-5,7,9-13,15-16,26H,6,8,14H2,1H3;1-2H,(H,5,6)(H,7,8)/p-2/b;2-1+/t16-;/m1./s1. The van der Waals surface area contributed by atoms with E-state index in [1.54, 1.807) is 6.07 Å². The Hall–Kier alpha value is -3.65. The summed E-state index contributed by atoms with van der Waals surface area (Å²) in [6.07, 6.45) is -2.10. The summed E-state index contributed by atoms with van der Waals surface area (Å²) in [5.74, 6) is -3.09. The summed E-state index contributed by atoms with van der Waals surface area (Å²) >= 11 is 0. The van der Waals surface area contributed by atoms with Gasteiger partial charge in [0.2, 0.25) is 0 Å². The molecule has 1 atom stereocenters. The molecule has 0 bridgehead atoms. The molecule has 180 valence electrons. The maximum absolute atomic E-state index is 12.8. The van der Waals surface area contributed by atoms with E-state index in [0.29, 0.717) is 18.6 Å². The largest absolute Gasteiger partial charge is 0.545 e.